The number of pyridine rings is 1. The summed E-state index contributed by atoms with van der Waals surface area (Å²) in [5.74, 6) is 0. The standard InChI is InChI=1S/C16H18N.Ir/c1-16(2,3)12-13-7-9-14(10-8-13)15-6-4-5-11-17-15;/h4-9,11H,12H2,1-3H3;/q-1;. The Morgan fingerprint density at radius 2 is 1.89 bits per heavy atom. The van der Waals surface area contributed by atoms with Crippen LogP contribution in [0.25, 0.3) is 11.3 Å². The molecule has 0 spiro atoms. The minimum absolute atomic E-state index is 0. The molecule has 0 saturated heterocycles. The fraction of sp³-hybridized carbons (Fsp3) is 0.312. The summed E-state index contributed by atoms with van der Waals surface area (Å²) in [5.41, 5.74) is 3.69. The van der Waals surface area contributed by atoms with E-state index in [0.717, 1.165) is 17.7 Å². The van der Waals surface area contributed by atoms with Gasteiger partial charge in [-0.1, -0.05) is 39.3 Å². The van der Waals surface area contributed by atoms with Crippen molar-refractivity contribution in [3.05, 3.63) is 54.2 Å². The molecular weight excluding hydrogens is 398 g/mol. The zero-order valence-corrected chi connectivity index (χ0v) is 13.4. The third kappa shape index (κ3) is 4.36. The van der Waals surface area contributed by atoms with Gasteiger partial charge in [0, 0.05) is 26.3 Å². The Morgan fingerprint density at radius 3 is 2.39 bits per heavy atom. The van der Waals surface area contributed by atoms with Gasteiger partial charge in [-0.2, -0.15) is 0 Å². The number of aromatic nitrogens is 1. The second-order valence-corrected chi connectivity index (χ2v) is 5.56. The van der Waals surface area contributed by atoms with Crippen LogP contribution in [-0.2, 0) is 26.5 Å². The summed E-state index contributed by atoms with van der Waals surface area (Å²) in [5, 5.41) is 0. The fourth-order valence-electron chi connectivity index (χ4n) is 1.86. The monoisotopic (exact) mass is 417 g/mol. The van der Waals surface area contributed by atoms with Crippen LogP contribution < -0.4 is 0 Å². The molecule has 2 heteroatoms. The van der Waals surface area contributed by atoms with Gasteiger partial charge in [0.15, 0.2) is 0 Å². The molecule has 0 fully saturated rings. The van der Waals surface area contributed by atoms with E-state index in [1.165, 1.54) is 5.56 Å². The van der Waals surface area contributed by atoms with Gasteiger partial charge in [-0.25, -0.2) is 0 Å². The zero-order valence-electron chi connectivity index (χ0n) is 11.0. The summed E-state index contributed by atoms with van der Waals surface area (Å²) in [6.07, 6.45) is 2.89. The van der Waals surface area contributed by atoms with E-state index in [-0.39, 0.29) is 20.1 Å². The molecule has 18 heavy (non-hydrogen) atoms. The average molecular weight is 417 g/mol. The maximum Gasteiger partial charge on any atom is 0.0160 e. The van der Waals surface area contributed by atoms with Gasteiger partial charge in [0.05, 0.1) is 0 Å². The molecule has 0 unspecified atom stereocenters. The van der Waals surface area contributed by atoms with Gasteiger partial charge in [0.2, 0.25) is 0 Å². The molecule has 0 atom stereocenters. The molecule has 97 valence electrons. The average Bonchev–Trinajstić information content (AvgIpc) is 2.29. The van der Waals surface area contributed by atoms with Gasteiger partial charge >= 0.3 is 0 Å². The Kier molecular flexibility index (Phi) is 5.25. The Bertz CT molecular complexity index is 469. The van der Waals surface area contributed by atoms with Gasteiger partial charge in [-0.15, -0.1) is 35.4 Å². The molecule has 1 aromatic heterocycles. The minimum atomic E-state index is 0. The first-order valence-electron chi connectivity index (χ1n) is 5.97. The van der Waals surface area contributed by atoms with Gasteiger partial charge in [-0.3, -0.25) is 0 Å². The Morgan fingerprint density at radius 1 is 1.11 bits per heavy atom. The van der Waals surface area contributed by atoms with Gasteiger partial charge in [-0.05, 0) is 17.2 Å². The van der Waals surface area contributed by atoms with Crippen LogP contribution >= 0.6 is 0 Å². The van der Waals surface area contributed by atoms with Crippen molar-refractivity contribution in [1.29, 1.82) is 0 Å². The predicted octanol–water partition coefficient (Wildman–Crippen LogP) is 4.13. The molecule has 0 aliphatic rings. The molecular formula is C16H18IrN-. The first kappa shape index (κ1) is 15.1. The van der Waals surface area contributed by atoms with Gasteiger partial charge in [0.25, 0.3) is 0 Å². The summed E-state index contributed by atoms with van der Waals surface area (Å²) in [7, 11) is 0. The van der Waals surface area contributed by atoms with Crippen molar-refractivity contribution in [2.75, 3.05) is 0 Å². The van der Waals surface area contributed by atoms with Crippen molar-refractivity contribution in [2.24, 2.45) is 5.41 Å². The number of benzene rings is 1. The summed E-state index contributed by atoms with van der Waals surface area (Å²) in [6.45, 7) is 6.75. The summed E-state index contributed by atoms with van der Waals surface area (Å²) in [6, 6.07) is 15.6. The molecule has 2 aromatic rings. The van der Waals surface area contributed by atoms with E-state index in [4.69, 9.17) is 0 Å². The summed E-state index contributed by atoms with van der Waals surface area (Å²) in [4.78, 5) is 4.32. The first-order valence-corrected chi connectivity index (χ1v) is 5.97. The van der Waals surface area contributed by atoms with Gasteiger partial charge in [0.1, 0.15) is 0 Å². The van der Waals surface area contributed by atoms with E-state index < -0.39 is 0 Å². The number of nitrogens with zero attached hydrogens (tertiary/aromatic N) is 1. The van der Waals surface area contributed by atoms with Crippen molar-refractivity contribution in [3.63, 3.8) is 0 Å². The molecule has 1 radical (unpaired) electrons. The normalized spacial score (nSPS) is 10.8. The van der Waals surface area contributed by atoms with E-state index in [1.54, 1.807) is 0 Å². The van der Waals surface area contributed by atoms with Crippen LogP contribution in [0.4, 0.5) is 0 Å². The third-order valence-corrected chi connectivity index (χ3v) is 2.55. The summed E-state index contributed by atoms with van der Waals surface area (Å²) >= 11 is 0. The van der Waals surface area contributed by atoms with Crippen molar-refractivity contribution in [1.82, 2.24) is 4.98 Å². The molecule has 2 rings (SSSR count). The van der Waals surface area contributed by atoms with Crippen LogP contribution in [0.3, 0.4) is 0 Å². The van der Waals surface area contributed by atoms with E-state index in [1.807, 2.05) is 24.4 Å². The fourth-order valence-corrected chi connectivity index (χ4v) is 1.86. The maximum absolute atomic E-state index is 4.32. The molecule has 0 bridgehead atoms. The second kappa shape index (κ2) is 6.26. The smallest absolute Gasteiger partial charge is 0.0160 e. The van der Waals surface area contributed by atoms with E-state index >= 15 is 0 Å². The number of hydrogen-bond acceptors (Lipinski definition) is 1. The molecule has 0 N–H and O–H groups in total. The largest absolute Gasteiger partial charge is 0.305 e. The topological polar surface area (TPSA) is 12.9 Å². The summed E-state index contributed by atoms with van der Waals surface area (Å²) < 4.78 is 0. The second-order valence-electron chi connectivity index (χ2n) is 5.56. The van der Waals surface area contributed by atoms with Crippen molar-refractivity contribution < 1.29 is 20.1 Å². The van der Waals surface area contributed by atoms with E-state index in [9.17, 15) is 0 Å². The van der Waals surface area contributed by atoms with Crippen LogP contribution in [-0.4, -0.2) is 4.98 Å². The molecule has 1 nitrogen and oxygen atoms in total. The quantitative estimate of drug-likeness (QED) is 0.671. The maximum atomic E-state index is 4.32. The number of rotatable bonds is 2. The Balaban J connectivity index is 0.00000162. The zero-order chi connectivity index (χ0) is 12.3. The van der Waals surface area contributed by atoms with Crippen molar-refractivity contribution in [2.45, 2.75) is 27.2 Å². The third-order valence-electron chi connectivity index (χ3n) is 2.55. The van der Waals surface area contributed by atoms with Crippen LogP contribution in [0.1, 0.15) is 26.3 Å². The first-order chi connectivity index (χ1) is 8.04. The molecule has 0 amide bonds. The van der Waals surface area contributed by atoms with E-state index in [0.29, 0.717) is 5.41 Å². The molecule has 0 saturated carbocycles. The minimum Gasteiger partial charge on any atom is -0.305 e. The van der Waals surface area contributed by atoms with Gasteiger partial charge < -0.3 is 4.98 Å². The Hall–Kier alpha value is -0.981. The van der Waals surface area contributed by atoms with Crippen molar-refractivity contribution >= 4 is 0 Å². The molecule has 0 aliphatic heterocycles. The predicted molar refractivity (Wildman–Crippen MR) is 71.7 cm³/mol. The van der Waals surface area contributed by atoms with E-state index in [2.05, 4.69) is 50.0 Å². The van der Waals surface area contributed by atoms with Crippen LogP contribution in [0.15, 0.2) is 42.6 Å². The molecule has 1 heterocycles. The Labute approximate surface area is 123 Å². The van der Waals surface area contributed by atoms with Crippen LogP contribution in [0.5, 0.6) is 0 Å². The van der Waals surface area contributed by atoms with Crippen molar-refractivity contribution in [3.8, 4) is 11.3 Å². The number of hydrogen-bond donors (Lipinski definition) is 0. The molecule has 0 aliphatic carbocycles. The molecule has 1 aromatic carbocycles. The SMILES string of the molecule is CC(C)(C)Cc1c[c-]c(-c2ccccn2)cc1.[Ir]. The van der Waals surface area contributed by atoms with Crippen LogP contribution in [0, 0.1) is 11.5 Å². The van der Waals surface area contributed by atoms with Crippen LogP contribution in [0.2, 0.25) is 0 Å².